The van der Waals surface area contributed by atoms with Crippen LogP contribution >= 0.6 is 0 Å². The lowest BCUT2D eigenvalue weighted by atomic mass is 10.2. The second-order valence-electron chi connectivity index (χ2n) is 4.63. The fraction of sp³-hybridized carbons (Fsp3) is 0.333. The van der Waals surface area contributed by atoms with Gasteiger partial charge in [-0.15, -0.1) is 0 Å². The van der Waals surface area contributed by atoms with Gasteiger partial charge in [0.25, 0.3) is 5.91 Å². The maximum Gasteiger partial charge on any atom is 0.325 e. The van der Waals surface area contributed by atoms with Gasteiger partial charge < -0.3 is 15.0 Å². The Labute approximate surface area is 117 Å². The van der Waals surface area contributed by atoms with Gasteiger partial charge in [0.1, 0.15) is 6.54 Å². The number of para-hydroxylation sites is 1. The number of esters is 1. The number of fused-ring (bicyclic) bond motifs is 1. The predicted octanol–water partition coefficient (Wildman–Crippen LogP) is 2.08. The van der Waals surface area contributed by atoms with Gasteiger partial charge in [0.05, 0.1) is 12.2 Å². The van der Waals surface area contributed by atoms with Gasteiger partial charge in [-0.2, -0.15) is 0 Å². The highest BCUT2D eigenvalue weighted by molar-refractivity contribution is 6.06. The van der Waals surface area contributed by atoms with Crippen LogP contribution < -0.4 is 5.73 Å². The maximum absolute atomic E-state index is 11.8. The average molecular weight is 274 g/mol. The molecule has 0 aliphatic rings. The first-order chi connectivity index (χ1) is 9.63. The SMILES string of the molecule is CCCCOC(=O)Cn1cc(C(N)=O)c2ccccc21. The smallest absolute Gasteiger partial charge is 0.325 e. The van der Waals surface area contributed by atoms with Crippen LogP contribution in [0.5, 0.6) is 0 Å². The van der Waals surface area contributed by atoms with E-state index in [9.17, 15) is 9.59 Å². The number of hydrogen-bond donors (Lipinski definition) is 1. The fourth-order valence-electron chi connectivity index (χ4n) is 2.09. The highest BCUT2D eigenvalue weighted by Gasteiger charge is 2.14. The number of benzene rings is 1. The molecule has 1 aromatic carbocycles. The standard InChI is InChI=1S/C15H18N2O3/c1-2-3-8-20-14(18)10-17-9-12(15(16)19)11-6-4-5-7-13(11)17/h4-7,9H,2-3,8,10H2,1H3,(H2,16,19). The Morgan fingerprint density at radius 3 is 2.75 bits per heavy atom. The molecule has 20 heavy (non-hydrogen) atoms. The highest BCUT2D eigenvalue weighted by Crippen LogP contribution is 2.20. The first kappa shape index (κ1) is 14.1. The van der Waals surface area contributed by atoms with Gasteiger partial charge in [0.2, 0.25) is 0 Å². The van der Waals surface area contributed by atoms with Gasteiger partial charge in [-0.25, -0.2) is 0 Å². The van der Waals surface area contributed by atoms with E-state index in [1.807, 2.05) is 31.2 Å². The summed E-state index contributed by atoms with van der Waals surface area (Å²) in [4.78, 5) is 23.2. The monoisotopic (exact) mass is 274 g/mol. The van der Waals surface area contributed by atoms with E-state index in [0.29, 0.717) is 12.2 Å². The lowest BCUT2D eigenvalue weighted by Crippen LogP contribution is -2.14. The van der Waals surface area contributed by atoms with Crippen molar-refractivity contribution in [2.75, 3.05) is 6.61 Å². The molecule has 0 atom stereocenters. The third kappa shape index (κ3) is 2.99. The van der Waals surface area contributed by atoms with Crippen LogP contribution in [-0.2, 0) is 16.1 Å². The van der Waals surface area contributed by atoms with Crippen molar-refractivity contribution in [1.82, 2.24) is 4.57 Å². The molecular weight excluding hydrogens is 256 g/mol. The zero-order valence-electron chi connectivity index (χ0n) is 11.5. The third-order valence-electron chi connectivity index (χ3n) is 3.11. The van der Waals surface area contributed by atoms with Crippen LogP contribution in [0.3, 0.4) is 0 Å². The van der Waals surface area contributed by atoms with E-state index in [1.54, 1.807) is 10.8 Å². The van der Waals surface area contributed by atoms with Crippen LogP contribution in [0.25, 0.3) is 10.9 Å². The summed E-state index contributed by atoms with van der Waals surface area (Å²) < 4.78 is 6.83. The first-order valence-corrected chi connectivity index (χ1v) is 6.66. The van der Waals surface area contributed by atoms with Crippen molar-refractivity contribution in [1.29, 1.82) is 0 Å². The molecule has 0 radical (unpaired) electrons. The molecule has 1 heterocycles. The molecule has 0 aliphatic heterocycles. The number of carbonyl (C=O) groups is 2. The molecule has 2 rings (SSSR count). The van der Waals surface area contributed by atoms with E-state index in [-0.39, 0.29) is 12.5 Å². The summed E-state index contributed by atoms with van der Waals surface area (Å²) in [5.74, 6) is -0.811. The Balaban J connectivity index is 2.22. The molecule has 106 valence electrons. The van der Waals surface area contributed by atoms with Gasteiger partial charge in [-0.3, -0.25) is 9.59 Å². The highest BCUT2D eigenvalue weighted by atomic mass is 16.5. The lowest BCUT2D eigenvalue weighted by Gasteiger charge is -2.06. The summed E-state index contributed by atoms with van der Waals surface area (Å²) >= 11 is 0. The zero-order valence-corrected chi connectivity index (χ0v) is 11.5. The molecule has 0 bridgehead atoms. The molecule has 5 nitrogen and oxygen atoms in total. The third-order valence-corrected chi connectivity index (χ3v) is 3.11. The number of unbranched alkanes of at least 4 members (excludes halogenated alkanes) is 1. The Hall–Kier alpha value is -2.30. The Morgan fingerprint density at radius 2 is 2.05 bits per heavy atom. The summed E-state index contributed by atoms with van der Waals surface area (Å²) in [5.41, 5.74) is 6.57. The first-order valence-electron chi connectivity index (χ1n) is 6.66. The van der Waals surface area contributed by atoms with Crippen molar-refractivity contribution >= 4 is 22.8 Å². The summed E-state index contributed by atoms with van der Waals surface area (Å²) in [5, 5.41) is 0.751. The number of aromatic nitrogens is 1. The van der Waals surface area contributed by atoms with Crippen LogP contribution in [0.15, 0.2) is 30.5 Å². The fourth-order valence-corrected chi connectivity index (χ4v) is 2.09. The molecule has 0 unspecified atom stereocenters. The molecule has 0 spiro atoms. The number of amides is 1. The van der Waals surface area contributed by atoms with Crippen LogP contribution in [0, 0.1) is 0 Å². The maximum atomic E-state index is 11.8. The second-order valence-corrected chi connectivity index (χ2v) is 4.63. The molecule has 0 saturated carbocycles. The number of nitrogens with zero attached hydrogens (tertiary/aromatic N) is 1. The number of primary amides is 1. The minimum atomic E-state index is -0.501. The van der Waals surface area contributed by atoms with Gasteiger partial charge in [0, 0.05) is 17.1 Å². The summed E-state index contributed by atoms with van der Waals surface area (Å²) in [7, 11) is 0. The van der Waals surface area contributed by atoms with Crippen molar-refractivity contribution in [3.8, 4) is 0 Å². The molecule has 0 saturated heterocycles. The Bertz CT molecular complexity index is 631. The normalized spacial score (nSPS) is 10.7. The lowest BCUT2D eigenvalue weighted by molar-refractivity contribution is -0.144. The van der Waals surface area contributed by atoms with Gasteiger partial charge in [-0.1, -0.05) is 31.5 Å². The van der Waals surface area contributed by atoms with Crippen molar-refractivity contribution < 1.29 is 14.3 Å². The van der Waals surface area contributed by atoms with Crippen LogP contribution in [0.4, 0.5) is 0 Å². The Morgan fingerprint density at radius 1 is 1.30 bits per heavy atom. The van der Waals surface area contributed by atoms with E-state index in [1.165, 1.54) is 0 Å². The molecular formula is C15H18N2O3. The molecule has 2 N–H and O–H groups in total. The van der Waals surface area contributed by atoms with Crippen molar-refractivity contribution in [3.05, 3.63) is 36.0 Å². The van der Waals surface area contributed by atoms with E-state index < -0.39 is 5.91 Å². The molecule has 5 heteroatoms. The summed E-state index contributed by atoms with van der Waals surface area (Å²) in [6, 6.07) is 7.35. The average Bonchev–Trinajstić information content (AvgIpc) is 2.78. The van der Waals surface area contributed by atoms with Gasteiger partial charge >= 0.3 is 5.97 Å². The topological polar surface area (TPSA) is 74.3 Å². The largest absolute Gasteiger partial charge is 0.464 e. The summed E-state index contributed by atoms with van der Waals surface area (Å²) in [6.07, 6.45) is 3.43. The van der Waals surface area contributed by atoms with Crippen molar-refractivity contribution in [3.63, 3.8) is 0 Å². The van der Waals surface area contributed by atoms with E-state index in [0.717, 1.165) is 23.7 Å². The minimum absolute atomic E-state index is 0.0809. The number of hydrogen-bond acceptors (Lipinski definition) is 3. The number of nitrogens with two attached hydrogens (primary N) is 1. The second kappa shape index (κ2) is 6.23. The number of ether oxygens (including phenoxy) is 1. The van der Waals surface area contributed by atoms with Crippen LogP contribution in [-0.4, -0.2) is 23.1 Å². The van der Waals surface area contributed by atoms with Crippen molar-refractivity contribution in [2.45, 2.75) is 26.3 Å². The van der Waals surface area contributed by atoms with Crippen LogP contribution in [0.2, 0.25) is 0 Å². The van der Waals surface area contributed by atoms with Gasteiger partial charge in [-0.05, 0) is 12.5 Å². The molecule has 1 amide bonds. The minimum Gasteiger partial charge on any atom is -0.464 e. The van der Waals surface area contributed by atoms with E-state index in [2.05, 4.69) is 0 Å². The summed E-state index contributed by atoms with van der Waals surface area (Å²) in [6.45, 7) is 2.54. The molecule has 0 aliphatic carbocycles. The molecule has 1 aromatic heterocycles. The Kier molecular flexibility index (Phi) is 4.40. The number of carbonyl (C=O) groups excluding carboxylic acids is 2. The van der Waals surface area contributed by atoms with Crippen molar-refractivity contribution in [2.24, 2.45) is 5.73 Å². The molecule has 0 fully saturated rings. The van der Waals surface area contributed by atoms with Gasteiger partial charge in [0.15, 0.2) is 0 Å². The van der Waals surface area contributed by atoms with Crippen LogP contribution in [0.1, 0.15) is 30.1 Å². The predicted molar refractivity (Wildman–Crippen MR) is 76.3 cm³/mol. The number of rotatable bonds is 6. The van der Waals surface area contributed by atoms with E-state index >= 15 is 0 Å². The quantitative estimate of drug-likeness (QED) is 0.647. The van der Waals surface area contributed by atoms with E-state index in [4.69, 9.17) is 10.5 Å². The zero-order chi connectivity index (χ0) is 14.5. The molecule has 2 aromatic rings.